The fraction of sp³-hybridized carbons (Fsp3) is 0.308. The summed E-state index contributed by atoms with van der Waals surface area (Å²) in [5, 5.41) is 10.7. The molecule has 1 saturated carbocycles. The molecular formula is C26H25ClN2O6S2. The van der Waals surface area contributed by atoms with E-state index in [2.05, 4.69) is 4.72 Å². The van der Waals surface area contributed by atoms with Crippen LogP contribution in [0.4, 0.5) is 0 Å². The van der Waals surface area contributed by atoms with Crippen LogP contribution in [0.2, 0.25) is 5.02 Å². The van der Waals surface area contributed by atoms with Crippen molar-refractivity contribution in [1.29, 1.82) is 0 Å². The number of carboxylic acids is 1. The van der Waals surface area contributed by atoms with Crippen LogP contribution in [0.25, 0.3) is 10.4 Å². The summed E-state index contributed by atoms with van der Waals surface area (Å²) in [6.07, 6.45) is 0.213. The molecule has 2 aromatic carbocycles. The van der Waals surface area contributed by atoms with E-state index in [4.69, 9.17) is 16.3 Å². The second-order valence-corrected chi connectivity index (χ2v) is 12.6. The largest absolute Gasteiger partial charge is 0.480 e. The van der Waals surface area contributed by atoms with Crippen molar-refractivity contribution in [3.05, 3.63) is 76.8 Å². The second-order valence-electron chi connectivity index (χ2n) is 9.13. The SMILES string of the molecule is O=C(Cc1ccccc1[C@@H]1C[C@]1(NS(=O)(=O)c1ccc(-c2ccc(Cl)cc2)s1)C(=O)O)N1CCOCC1. The molecule has 0 radical (unpaired) electrons. The maximum absolute atomic E-state index is 13.3. The van der Waals surface area contributed by atoms with Gasteiger partial charge in [-0.1, -0.05) is 48.0 Å². The predicted molar refractivity (Wildman–Crippen MR) is 140 cm³/mol. The van der Waals surface area contributed by atoms with Gasteiger partial charge in [0.05, 0.1) is 19.6 Å². The molecule has 194 valence electrons. The minimum Gasteiger partial charge on any atom is -0.480 e. The van der Waals surface area contributed by atoms with Gasteiger partial charge in [0.2, 0.25) is 5.91 Å². The lowest BCUT2D eigenvalue weighted by atomic mass is 9.97. The van der Waals surface area contributed by atoms with E-state index in [-0.39, 0.29) is 23.0 Å². The van der Waals surface area contributed by atoms with Crippen LogP contribution in [-0.4, -0.2) is 62.1 Å². The first-order valence-electron chi connectivity index (χ1n) is 11.8. The molecule has 1 aliphatic heterocycles. The van der Waals surface area contributed by atoms with E-state index in [1.54, 1.807) is 59.5 Å². The molecule has 2 heterocycles. The number of rotatable bonds is 8. The normalized spacial score (nSPS) is 21.5. The van der Waals surface area contributed by atoms with E-state index in [1.807, 2.05) is 0 Å². The van der Waals surface area contributed by atoms with E-state index in [0.717, 1.165) is 21.8 Å². The number of carbonyl (C=O) groups is 2. The number of sulfonamides is 1. The van der Waals surface area contributed by atoms with Crippen molar-refractivity contribution in [2.75, 3.05) is 26.3 Å². The van der Waals surface area contributed by atoms with Gasteiger partial charge < -0.3 is 14.7 Å². The van der Waals surface area contributed by atoms with Gasteiger partial charge in [-0.3, -0.25) is 9.59 Å². The first-order chi connectivity index (χ1) is 17.7. The Balaban J connectivity index is 1.37. The van der Waals surface area contributed by atoms with Gasteiger partial charge >= 0.3 is 5.97 Å². The summed E-state index contributed by atoms with van der Waals surface area (Å²) < 4.78 is 34.4. The van der Waals surface area contributed by atoms with Gasteiger partial charge in [-0.25, -0.2) is 8.42 Å². The zero-order valence-electron chi connectivity index (χ0n) is 19.7. The molecule has 2 fully saturated rings. The Bertz CT molecular complexity index is 1430. The number of nitrogens with zero attached hydrogens (tertiary/aromatic N) is 1. The van der Waals surface area contributed by atoms with Crippen molar-refractivity contribution < 1.29 is 27.9 Å². The Morgan fingerprint density at radius 3 is 2.49 bits per heavy atom. The lowest BCUT2D eigenvalue weighted by Gasteiger charge is -2.27. The highest BCUT2D eigenvalue weighted by atomic mass is 35.5. The third kappa shape index (κ3) is 5.30. The second kappa shape index (κ2) is 10.2. The van der Waals surface area contributed by atoms with Crippen LogP contribution >= 0.6 is 22.9 Å². The fourth-order valence-corrected chi connectivity index (χ4v) is 7.52. The molecule has 8 nitrogen and oxygen atoms in total. The van der Waals surface area contributed by atoms with E-state index in [0.29, 0.717) is 42.5 Å². The lowest BCUT2D eigenvalue weighted by Crippen LogP contribution is -2.44. The first kappa shape index (κ1) is 25.9. The molecule has 2 atom stereocenters. The molecule has 1 amide bonds. The number of ether oxygens (including phenoxy) is 1. The molecule has 3 aromatic rings. The maximum atomic E-state index is 13.3. The Labute approximate surface area is 223 Å². The van der Waals surface area contributed by atoms with Crippen molar-refractivity contribution in [2.45, 2.75) is 28.5 Å². The van der Waals surface area contributed by atoms with Gasteiger partial charge in [-0.05, 0) is 47.4 Å². The Kier molecular flexibility index (Phi) is 7.12. The van der Waals surface area contributed by atoms with Crippen LogP contribution < -0.4 is 4.72 Å². The smallest absolute Gasteiger partial charge is 0.325 e. The number of morpholine rings is 1. The summed E-state index contributed by atoms with van der Waals surface area (Å²) in [6, 6.07) is 17.3. The van der Waals surface area contributed by atoms with Crippen molar-refractivity contribution >= 4 is 44.8 Å². The summed E-state index contributed by atoms with van der Waals surface area (Å²) in [5.74, 6) is -1.90. The molecular weight excluding hydrogens is 536 g/mol. The molecule has 11 heteroatoms. The van der Waals surface area contributed by atoms with Crippen molar-refractivity contribution in [3.8, 4) is 10.4 Å². The van der Waals surface area contributed by atoms with Gasteiger partial charge in [0.25, 0.3) is 10.0 Å². The molecule has 0 unspecified atom stereocenters. The van der Waals surface area contributed by atoms with Crippen molar-refractivity contribution in [1.82, 2.24) is 9.62 Å². The standard InChI is InChI=1S/C26H25ClN2O6S2/c27-19-7-5-17(6-8-19)22-9-10-24(36-22)37(33,34)28-26(25(31)32)16-21(26)20-4-2-1-3-18(20)15-23(30)29-11-13-35-14-12-29/h1-10,21,28H,11-16H2,(H,31,32)/t21-,26+/m0/s1. The van der Waals surface area contributed by atoms with Gasteiger partial charge in [-0.15, -0.1) is 11.3 Å². The number of benzene rings is 2. The first-order valence-corrected chi connectivity index (χ1v) is 14.4. The van der Waals surface area contributed by atoms with Gasteiger partial charge in [0.15, 0.2) is 0 Å². The molecule has 1 aromatic heterocycles. The Morgan fingerprint density at radius 2 is 1.78 bits per heavy atom. The number of carbonyl (C=O) groups excluding carboxylic acids is 1. The molecule has 1 aliphatic carbocycles. The van der Waals surface area contributed by atoms with Crippen LogP contribution in [0.15, 0.2) is 64.9 Å². The summed E-state index contributed by atoms with van der Waals surface area (Å²) in [4.78, 5) is 27.7. The minimum atomic E-state index is -4.12. The quantitative estimate of drug-likeness (QED) is 0.434. The number of hydrogen-bond acceptors (Lipinski definition) is 6. The number of nitrogens with one attached hydrogen (secondary N) is 1. The number of carboxylic acid groups (broad SMARTS) is 1. The van der Waals surface area contributed by atoms with Crippen LogP contribution in [0, 0.1) is 0 Å². The maximum Gasteiger partial charge on any atom is 0.325 e. The highest BCUT2D eigenvalue weighted by Crippen LogP contribution is 2.53. The van der Waals surface area contributed by atoms with Gasteiger partial charge in [-0.2, -0.15) is 4.72 Å². The monoisotopic (exact) mass is 560 g/mol. The van der Waals surface area contributed by atoms with Crippen molar-refractivity contribution in [3.63, 3.8) is 0 Å². The fourth-order valence-electron chi connectivity index (χ4n) is 4.68. The average molecular weight is 561 g/mol. The number of amides is 1. The lowest BCUT2D eigenvalue weighted by molar-refractivity contribution is -0.140. The molecule has 5 rings (SSSR count). The average Bonchev–Trinajstić information content (AvgIpc) is 3.37. The molecule has 1 saturated heterocycles. The number of aliphatic carboxylic acids is 1. The van der Waals surface area contributed by atoms with Crippen LogP contribution in [0.5, 0.6) is 0 Å². The summed E-state index contributed by atoms with van der Waals surface area (Å²) in [7, 11) is -4.12. The van der Waals surface area contributed by atoms with E-state index in [9.17, 15) is 23.1 Å². The molecule has 2 N–H and O–H groups in total. The zero-order chi connectivity index (χ0) is 26.2. The minimum absolute atomic E-state index is 0.0273. The summed E-state index contributed by atoms with van der Waals surface area (Å²) in [6.45, 7) is 2.01. The highest BCUT2D eigenvalue weighted by Gasteiger charge is 2.63. The third-order valence-corrected chi connectivity index (χ3v) is 10.2. The summed E-state index contributed by atoms with van der Waals surface area (Å²) >= 11 is 7.00. The molecule has 0 spiro atoms. The van der Waals surface area contributed by atoms with Crippen LogP contribution in [0.3, 0.4) is 0 Å². The van der Waals surface area contributed by atoms with Crippen LogP contribution in [-0.2, 0) is 30.8 Å². The highest BCUT2D eigenvalue weighted by molar-refractivity contribution is 7.91. The van der Waals surface area contributed by atoms with E-state index >= 15 is 0 Å². The van der Waals surface area contributed by atoms with Gasteiger partial charge in [0, 0.05) is 28.9 Å². The molecule has 37 heavy (non-hydrogen) atoms. The topological polar surface area (TPSA) is 113 Å². The number of thiophene rings is 1. The molecule has 0 bridgehead atoms. The zero-order valence-corrected chi connectivity index (χ0v) is 22.1. The molecule has 2 aliphatic rings. The van der Waals surface area contributed by atoms with E-state index in [1.165, 1.54) is 6.07 Å². The Hall–Kier alpha value is -2.76. The predicted octanol–water partition coefficient (Wildman–Crippen LogP) is 3.76. The summed E-state index contributed by atoms with van der Waals surface area (Å²) in [5.41, 5.74) is 0.503. The Morgan fingerprint density at radius 1 is 1.08 bits per heavy atom. The van der Waals surface area contributed by atoms with Crippen LogP contribution in [0.1, 0.15) is 23.5 Å². The van der Waals surface area contributed by atoms with E-state index < -0.39 is 27.4 Å². The number of hydrogen-bond donors (Lipinski definition) is 2. The van der Waals surface area contributed by atoms with Crippen molar-refractivity contribution in [2.24, 2.45) is 0 Å². The third-order valence-electron chi connectivity index (χ3n) is 6.77. The van der Waals surface area contributed by atoms with Gasteiger partial charge in [0.1, 0.15) is 9.75 Å². The number of halogens is 1.